The first kappa shape index (κ1) is 19.8. The summed E-state index contributed by atoms with van der Waals surface area (Å²) in [6.45, 7) is 8.35. The van der Waals surface area contributed by atoms with E-state index < -0.39 is 0 Å². The maximum Gasteiger partial charge on any atom is 0.287 e. The molecule has 0 bridgehead atoms. The number of aryl methyl sites for hydroxylation is 1. The maximum absolute atomic E-state index is 12.3. The van der Waals surface area contributed by atoms with Crippen LogP contribution in [0.25, 0.3) is 0 Å². The molecule has 3 rings (SSSR count). The van der Waals surface area contributed by atoms with Crippen molar-refractivity contribution in [1.82, 2.24) is 15.2 Å². The maximum atomic E-state index is 12.3. The van der Waals surface area contributed by atoms with Crippen LogP contribution in [-0.2, 0) is 19.6 Å². The fourth-order valence-electron chi connectivity index (χ4n) is 3.02. The zero-order valence-corrected chi connectivity index (χ0v) is 16.7. The van der Waals surface area contributed by atoms with Gasteiger partial charge < -0.3 is 9.73 Å². The molecule has 2 aromatic heterocycles. The zero-order chi connectivity index (χ0) is 19.9. The van der Waals surface area contributed by atoms with E-state index in [1.807, 2.05) is 18.2 Å². The van der Waals surface area contributed by atoms with Crippen LogP contribution in [0, 0.1) is 6.92 Å². The van der Waals surface area contributed by atoms with Gasteiger partial charge >= 0.3 is 0 Å². The molecular weight excluding hydrogens is 350 g/mol. The average molecular weight is 377 g/mol. The Morgan fingerprint density at radius 1 is 1.11 bits per heavy atom. The van der Waals surface area contributed by atoms with E-state index in [9.17, 15) is 4.79 Å². The van der Waals surface area contributed by atoms with Crippen molar-refractivity contribution in [3.05, 3.63) is 89.1 Å². The lowest BCUT2D eigenvalue weighted by Gasteiger charge is -2.25. The first-order chi connectivity index (χ1) is 13.5. The molecule has 2 heterocycles. The average Bonchev–Trinajstić information content (AvgIpc) is 3.15. The van der Waals surface area contributed by atoms with E-state index in [4.69, 9.17) is 4.42 Å². The number of aromatic nitrogens is 1. The highest BCUT2D eigenvalue weighted by atomic mass is 16.4. The minimum Gasteiger partial charge on any atom is -0.455 e. The van der Waals surface area contributed by atoms with Crippen LogP contribution in [-0.4, -0.2) is 21.8 Å². The third-order valence-electron chi connectivity index (χ3n) is 4.62. The van der Waals surface area contributed by atoms with Gasteiger partial charge in [-0.15, -0.1) is 0 Å². The van der Waals surface area contributed by atoms with Crippen LogP contribution < -0.4 is 5.32 Å². The Morgan fingerprint density at radius 3 is 2.64 bits per heavy atom. The highest BCUT2D eigenvalue weighted by molar-refractivity contribution is 5.91. The largest absolute Gasteiger partial charge is 0.455 e. The Labute approximate surface area is 166 Å². The van der Waals surface area contributed by atoms with Crippen molar-refractivity contribution in [1.29, 1.82) is 0 Å². The predicted molar refractivity (Wildman–Crippen MR) is 110 cm³/mol. The second-order valence-corrected chi connectivity index (χ2v) is 7.30. The molecular formula is C23H27N3O2. The lowest BCUT2D eigenvalue weighted by molar-refractivity contribution is 0.0917. The van der Waals surface area contributed by atoms with E-state index in [1.165, 1.54) is 11.1 Å². The van der Waals surface area contributed by atoms with Gasteiger partial charge in [0.1, 0.15) is 5.76 Å². The van der Waals surface area contributed by atoms with Gasteiger partial charge in [-0.1, -0.05) is 35.9 Å². The lowest BCUT2D eigenvalue weighted by Crippen LogP contribution is -2.29. The van der Waals surface area contributed by atoms with Crippen LogP contribution in [0.2, 0.25) is 0 Å². The first-order valence-corrected chi connectivity index (χ1v) is 9.56. The van der Waals surface area contributed by atoms with Gasteiger partial charge in [-0.3, -0.25) is 14.7 Å². The molecule has 0 radical (unpaired) electrons. The number of rotatable bonds is 8. The van der Waals surface area contributed by atoms with Gasteiger partial charge in [-0.25, -0.2) is 0 Å². The normalized spacial score (nSPS) is 11.2. The molecule has 146 valence electrons. The molecule has 3 aromatic rings. The van der Waals surface area contributed by atoms with E-state index in [0.717, 1.165) is 17.9 Å². The molecule has 0 aliphatic heterocycles. The number of carbonyl (C=O) groups is 1. The van der Waals surface area contributed by atoms with Crippen molar-refractivity contribution < 1.29 is 9.21 Å². The molecule has 1 amide bonds. The summed E-state index contributed by atoms with van der Waals surface area (Å²) in [5, 5.41) is 2.86. The van der Waals surface area contributed by atoms with E-state index in [2.05, 4.69) is 60.2 Å². The molecule has 0 aliphatic carbocycles. The lowest BCUT2D eigenvalue weighted by atomic mass is 10.1. The van der Waals surface area contributed by atoms with Gasteiger partial charge in [-0.2, -0.15) is 0 Å². The number of nitrogens with one attached hydrogen (secondary N) is 1. The monoisotopic (exact) mass is 377 g/mol. The standard InChI is InChI=1S/C23H27N3O2/c1-17(2)26(15-19-7-4-6-18(3)12-19)16-21-9-10-22(28-21)23(27)25-14-20-8-5-11-24-13-20/h4-13,17H,14-16H2,1-3H3,(H,25,27). The zero-order valence-electron chi connectivity index (χ0n) is 16.7. The Bertz CT molecular complexity index is 903. The summed E-state index contributed by atoms with van der Waals surface area (Å²) in [6.07, 6.45) is 3.45. The molecule has 28 heavy (non-hydrogen) atoms. The van der Waals surface area contributed by atoms with Crippen molar-refractivity contribution in [3.8, 4) is 0 Å². The number of benzene rings is 1. The number of furan rings is 1. The molecule has 0 saturated heterocycles. The number of pyridine rings is 1. The number of nitrogens with zero attached hydrogens (tertiary/aromatic N) is 2. The Morgan fingerprint density at radius 2 is 1.93 bits per heavy atom. The summed E-state index contributed by atoms with van der Waals surface area (Å²) >= 11 is 0. The summed E-state index contributed by atoms with van der Waals surface area (Å²) in [6, 6.07) is 16.3. The van der Waals surface area contributed by atoms with Crippen molar-refractivity contribution in [2.45, 2.75) is 46.4 Å². The van der Waals surface area contributed by atoms with Crippen LogP contribution in [0.1, 0.15) is 46.9 Å². The highest BCUT2D eigenvalue weighted by Gasteiger charge is 2.16. The Kier molecular flexibility index (Phi) is 6.61. The Hall–Kier alpha value is -2.92. The predicted octanol–water partition coefficient (Wildman–Crippen LogP) is 4.32. The fraction of sp³-hybridized carbons (Fsp3) is 0.304. The van der Waals surface area contributed by atoms with Crippen molar-refractivity contribution in [2.24, 2.45) is 0 Å². The minimum absolute atomic E-state index is 0.218. The summed E-state index contributed by atoms with van der Waals surface area (Å²) in [4.78, 5) is 18.7. The van der Waals surface area contributed by atoms with Crippen molar-refractivity contribution in [3.63, 3.8) is 0 Å². The van der Waals surface area contributed by atoms with Gasteiger partial charge in [0.05, 0.1) is 6.54 Å². The van der Waals surface area contributed by atoms with Crippen molar-refractivity contribution >= 4 is 5.91 Å². The summed E-state index contributed by atoms with van der Waals surface area (Å²) in [5.74, 6) is 0.899. The molecule has 0 spiro atoms. The molecule has 1 N–H and O–H groups in total. The van der Waals surface area contributed by atoms with E-state index in [1.54, 1.807) is 18.5 Å². The van der Waals surface area contributed by atoms with Crippen LogP contribution >= 0.6 is 0 Å². The molecule has 0 aliphatic rings. The van der Waals surface area contributed by atoms with E-state index in [-0.39, 0.29) is 5.91 Å². The topological polar surface area (TPSA) is 58.4 Å². The SMILES string of the molecule is Cc1cccc(CN(Cc2ccc(C(=O)NCc3cccnc3)o2)C(C)C)c1. The third-order valence-corrected chi connectivity index (χ3v) is 4.62. The van der Waals surface area contributed by atoms with Gasteiger partial charge in [0.2, 0.25) is 0 Å². The minimum atomic E-state index is -0.218. The van der Waals surface area contributed by atoms with Gasteiger partial charge in [0.15, 0.2) is 5.76 Å². The quantitative estimate of drug-likeness (QED) is 0.635. The molecule has 0 fully saturated rings. The number of carbonyl (C=O) groups excluding carboxylic acids is 1. The second-order valence-electron chi connectivity index (χ2n) is 7.30. The summed E-state index contributed by atoms with van der Waals surface area (Å²) < 4.78 is 5.81. The van der Waals surface area contributed by atoms with Crippen LogP contribution in [0.4, 0.5) is 0 Å². The van der Waals surface area contributed by atoms with Gasteiger partial charge in [0, 0.05) is 31.5 Å². The smallest absolute Gasteiger partial charge is 0.287 e. The van der Waals surface area contributed by atoms with Gasteiger partial charge in [0.25, 0.3) is 5.91 Å². The summed E-state index contributed by atoms with van der Waals surface area (Å²) in [7, 11) is 0. The fourth-order valence-corrected chi connectivity index (χ4v) is 3.02. The third kappa shape index (κ3) is 5.54. The summed E-state index contributed by atoms with van der Waals surface area (Å²) in [5.41, 5.74) is 3.48. The van der Waals surface area contributed by atoms with Crippen LogP contribution in [0.5, 0.6) is 0 Å². The van der Waals surface area contributed by atoms with Crippen LogP contribution in [0.15, 0.2) is 65.3 Å². The molecule has 0 atom stereocenters. The molecule has 1 aromatic carbocycles. The highest BCUT2D eigenvalue weighted by Crippen LogP contribution is 2.16. The van der Waals surface area contributed by atoms with Crippen molar-refractivity contribution in [2.75, 3.05) is 0 Å². The second kappa shape index (κ2) is 9.33. The first-order valence-electron chi connectivity index (χ1n) is 9.56. The Balaban J connectivity index is 1.60. The molecule has 5 nitrogen and oxygen atoms in total. The van der Waals surface area contributed by atoms with Crippen LogP contribution in [0.3, 0.4) is 0 Å². The van der Waals surface area contributed by atoms with Gasteiger partial charge in [-0.05, 0) is 50.1 Å². The number of hydrogen-bond acceptors (Lipinski definition) is 4. The molecule has 0 saturated carbocycles. The number of hydrogen-bond donors (Lipinski definition) is 1. The molecule has 0 unspecified atom stereocenters. The molecule has 5 heteroatoms. The van der Waals surface area contributed by atoms with E-state index in [0.29, 0.717) is 24.9 Å². The van der Waals surface area contributed by atoms with E-state index >= 15 is 0 Å². The number of amides is 1.